The van der Waals surface area contributed by atoms with Crippen LogP contribution in [0.3, 0.4) is 0 Å². The summed E-state index contributed by atoms with van der Waals surface area (Å²) in [6.07, 6.45) is 1.88. The molecule has 0 saturated carbocycles. The molecule has 0 aliphatic carbocycles. The van der Waals surface area contributed by atoms with Crippen molar-refractivity contribution < 1.29 is 0 Å². The molecule has 0 heterocycles. The molecule has 0 atom stereocenters. The lowest BCUT2D eigenvalue weighted by molar-refractivity contribution is 0.457. The predicted molar refractivity (Wildman–Crippen MR) is 64.8 cm³/mol. The van der Waals surface area contributed by atoms with Gasteiger partial charge in [-0.05, 0) is 19.7 Å². The van der Waals surface area contributed by atoms with Crippen molar-refractivity contribution in [3.05, 3.63) is 48.6 Å². The van der Waals surface area contributed by atoms with E-state index in [2.05, 4.69) is 11.5 Å². The maximum absolute atomic E-state index is 5.53. The smallest absolute Gasteiger partial charge is 0.0474 e. The van der Waals surface area contributed by atoms with Crippen molar-refractivity contribution in [2.45, 2.75) is 5.88 Å². The van der Waals surface area contributed by atoms with Crippen molar-refractivity contribution in [1.29, 1.82) is 0 Å². The van der Waals surface area contributed by atoms with E-state index >= 15 is 0 Å². The second-order valence-corrected chi connectivity index (χ2v) is 3.44. The van der Waals surface area contributed by atoms with Crippen molar-refractivity contribution in [3.63, 3.8) is 0 Å². The molecule has 1 rings (SSSR count). The summed E-state index contributed by atoms with van der Waals surface area (Å²) in [6.45, 7) is 4.53. The normalized spacial score (nSPS) is 9.14. The Balaban J connectivity index is 0.000000255. The summed E-state index contributed by atoms with van der Waals surface area (Å²) in [7, 11) is 4.03. The fourth-order valence-corrected chi connectivity index (χ4v) is 1.00. The number of alkyl halides is 1. The zero-order valence-corrected chi connectivity index (χ0v) is 9.67. The van der Waals surface area contributed by atoms with Gasteiger partial charge in [0.25, 0.3) is 0 Å². The minimum Gasteiger partial charge on any atom is -0.306 e. The first-order valence-electron chi connectivity index (χ1n) is 4.56. The molecule has 2 heteroatoms. The molecule has 0 bridgehead atoms. The first-order chi connectivity index (χ1) is 6.70. The van der Waals surface area contributed by atoms with Crippen LogP contribution in [-0.4, -0.2) is 25.5 Å². The van der Waals surface area contributed by atoms with E-state index in [1.165, 1.54) is 5.56 Å². The Hall–Kier alpha value is -0.790. The minimum absolute atomic E-state index is 0.612. The lowest BCUT2D eigenvalue weighted by Crippen LogP contribution is -2.09. The second-order valence-electron chi connectivity index (χ2n) is 3.17. The summed E-state index contributed by atoms with van der Waals surface area (Å²) < 4.78 is 0. The van der Waals surface area contributed by atoms with E-state index in [0.717, 1.165) is 6.54 Å². The van der Waals surface area contributed by atoms with Gasteiger partial charge in [-0.25, -0.2) is 0 Å². The quantitative estimate of drug-likeness (QED) is 0.549. The highest BCUT2D eigenvalue weighted by Crippen LogP contribution is 2.00. The highest BCUT2D eigenvalue weighted by atomic mass is 35.5. The third-order valence-electron chi connectivity index (χ3n) is 1.49. The fourth-order valence-electron chi connectivity index (χ4n) is 0.825. The van der Waals surface area contributed by atoms with Gasteiger partial charge < -0.3 is 4.90 Å². The second kappa shape index (κ2) is 8.79. The number of benzene rings is 1. The Morgan fingerprint density at radius 3 is 2.07 bits per heavy atom. The highest BCUT2D eigenvalue weighted by molar-refractivity contribution is 6.17. The molecule has 1 aromatic rings. The molecule has 1 aromatic carbocycles. The van der Waals surface area contributed by atoms with Gasteiger partial charge in [-0.1, -0.05) is 36.4 Å². The third-order valence-corrected chi connectivity index (χ3v) is 1.80. The Bertz CT molecular complexity index is 231. The summed E-state index contributed by atoms with van der Waals surface area (Å²) in [5, 5.41) is 0. The number of halogens is 1. The topological polar surface area (TPSA) is 3.24 Å². The van der Waals surface area contributed by atoms with E-state index in [4.69, 9.17) is 11.6 Å². The fraction of sp³-hybridized carbons (Fsp3) is 0.333. The molecule has 0 unspecified atom stereocenters. The van der Waals surface area contributed by atoms with Crippen LogP contribution in [0.15, 0.2) is 43.0 Å². The van der Waals surface area contributed by atoms with Gasteiger partial charge in [0.05, 0.1) is 0 Å². The van der Waals surface area contributed by atoms with Crippen molar-refractivity contribution in [1.82, 2.24) is 4.90 Å². The van der Waals surface area contributed by atoms with Crippen LogP contribution in [0.4, 0.5) is 0 Å². The summed E-state index contributed by atoms with van der Waals surface area (Å²) >= 11 is 5.53. The first-order valence-corrected chi connectivity index (χ1v) is 5.09. The van der Waals surface area contributed by atoms with Crippen molar-refractivity contribution in [2.24, 2.45) is 0 Å². The van der Waals surface area contributed by atoms with Crippen LogP contribution in [-0.2, 0) is 5.88 Å². The summed E-state index contributed by atoms with van der Waals surface area (Å²) in [6, 6.07) is 9.96. The Morgan fingerprint density at radius 2 is 1.86 bits per heavy atom. The average Bonchev–Trinajstić information content (AvgIpc) is 2.20. The number of rotatable bonds is 3. The van der Waals surface area contributed by atoms with Crippen LogP contribution in [0.1, 0.15) is 5.56 Å². The Kier molecular flexibility index (Phi) is 8.30. The molecule has 0 aliphatic rings. The minimum atomic E-state index is 0.612. The molecule has 0 amide bonds. The molecule has 0 radical (unpaired) electrons. The van der Waals surface area contributed by atoms with Crippen LogP contribution < -0.4 is 0 Å². The van der Waals surface area contributed by atoms with Crippen LogP contribution in [0.25, 0.3) is 0 Å². The van der Waals surface area contributed by atoms with Crippen molar-refractivity contribution >= 4 is 11.6 Å². The van der Waals surface area contributed by atoms with Crippen LogP contribution in [0.2, 0.25) is 0 Å². The molecule has 0 N–H and O–H groups in total. The van der Waals surface area contributed by atoms with Crippen LogP contribution >= 0.6 is 11.6 Å². The summed E-state index contributed by atoms with van der Waals surface area (Å²) in [5.41, 5.74) is 1.18. The molecule has 0 spiro atoms. The number of hydrogen-bond donors (Lipinski definition) is 0. The molecule has 0 aromatic heterocycles. The monoisotopic (exact) mass is 211 g/mol. The van der Waals surface area contributed by atoms with Crippen LogP contribution in [0.5, 0.6) is 0 Å². The molecule has 0 saturated heterocycles. The number of likely N-dealkylation sites (N-methyl/N-ethyl adjacent to an activating group) is 1. The number of hydrogen-bond acceptors (Lipinski definition) is 1. The van der Waals surface area contributed by atoms with Gasteiger partial charge in [-0.2, -0.15) is 0 Å². The highest BCUT2D eigenvalue weighted by Gasteiger charge is 1.81. The molecule has 1 nitrogen and oxygen atoms in total. The van der Waals surface area contributed by atoms with E-state index in [1.54, 1.807) is 0 Å². The lowest BCUT2D eigenvalue weighted by Gasteiger charge is -2.01. The van der Waals surface area contributed by atoms with E-state index in [-0.39, 0.29) is 0 Å². The number of nitrogens with zero attached hydrogens (tertiary/aromatic N) is 1. The van der Waals surface area contributed by atoms with E-state index in [9.17, 15) is 0 Å². The predicted octanol–water partition coefficient (Wildman–Crippen LogP) is 3.16. The Labute approximate surface area is 92.0 Å². The molecule has 0 fully saturated rings. The largest absolute Gasteiger partial charge is 0.306 e. The average molecular weight is 212 g/mol. The van der Waals surface area contributed by atoms with Crippen LogP contribution in [0, 0.1) is 0 Å². The van der Waals surface area contributed by atoms with Crippen molar-refractivity contribution in [2.75, 3.05) is 20.6 Å². The molecular formula is C12H18ClN. The lowest BCUT2D eigenvalue weighted by atomic mass is 10.2. The molecule has 0 aliphatic heterocycles. The van der Waals surface area contributed by atoms with E-state index in [1.807, 2.05) is 50.5 Å². The summed E-state index contributed by atoms with van der Waals surface area (Å²) in [5.74, 6) is 0.612. The van der Waals surface area contributed by atoms with Gasteiger partial charge in [0.15, 0.2) is 0 Å². The van der Waals surface area contributed by atoms with Crippen molar-refractivity contribution in [3.8, 4) is 0 Å². The van der Waals surface area contributed by atoms with Gasteiger partial charge in [0.2, 0.25) is 0 Å². The summed E-state index contributed by atoms with van der Waals surface area (Å²) in [4.78, 5) is 2.06. The maximum atomic E-state index is 5.53. The van der Waals surface area contributed by atoms with Gasteiger partial charge in [0.1, 0.15) is 0 Å². The third kappa shape index (κ3) is 7.84. The first kappa shape index (κ1) is 13.2. The van der Waals surface area contributed by atoms with Gasteiger partial charge in [-0.15, -0.1) is 18.2 Å². The molecule has 14 heavy (non-hydrogen) atoms. The van der Waals surface area contributed by atoms with E-state index in [0.29, 0.717) is 5.88 Å². The van der Waals surface area contributed by atoms with Gasteiger partial charge >= 0.3 is 0 Å². The molecular weight excluding hydrogens is 194 g/mol. The Morgan fingerprint density at radius 1 is 1.29 bits per heavy atom. The standard InChI is InChI=1S/C7H7Cl.C5H11N/c8-6-7-4-2-1-3-5-7;1-4-5-6(2)3/h1-5H,6H2;4H,1,5H2,2-3H3. The SMILES string of the molecule is C=CCN(C)C.ClCc1ccccc1. The van der Waals surface area contributed by atoms with Gasteiger partial charge in [-0.3, -0.25) is 0 Å². The zero-order valence-electron chi connectivity index (χ0n) is 8.91. The van der Waals surface area contributed by atoms with E-state index < -0.39 is 0 Å². The zero-order chi connectivity index (χ0) is 10.8. The molecule has 78 valence electrons. The van der Waals surface area contributed by atoms with Gasteiger partial charge in [0, 0.05) is 12.4 Å². The maximum Gasteiger partial charge on any atom is 0.0474 e.